The number of rotatable bonds is 2. The van der Waals surface area contributed by atoms with E-state index in [0.717, 1.165) is 17.8 Å². The van der Waals surface area contributed by atoms with E-state index in [-0.39, 0.29) is 6.54 Å². The number of para-hydroxylation sites is 1. The first kappa shape index (κ1) is 12.2. The number of hydrogen-bond acceptors (Lipinski definition) is 2. The predicted octanol–water partition coefficient (Wildman–Crippen LogP) is 2.55. The van der Waals surface area contributed by atoms with Crippen molar-refractivity contribution in [3.63, 3.8) is 0 Å². The van der Waals surface area contributed by atoms with Gasteiger partial charge in [0.1, 0.15) is 0 Å². The maximum absolute atomic E-state index is 12.2. The lowest BCUT2D eigenvalue weighted by molar-refractivity contribution is -0.132. The third kappa shape index (κ3) is 3.36. The molecule has 1 aliphatic rings. The highest BCUT2D eigenvalue weighted by atomic mass is 19.4. The number of anilines is 1. The van der Waals surface area contributed by atoms with Crippen LogP contribution in [0.5, 0.6) is 0 Å². The summed E-state index contributed by atoms with van der Waals surface area (Å²) in [6.45, 7) is 2.08. The first-order chi connectivity index (χ1) is 8.06. The van der Waals surface area contributed by atoms with Gasteiger partial charge in [-0.3, -0.25) is 0 Å². The molecule has 0 spiro atoms. The summed E-state index contributed by atoms with van der Waals surface area (Å²) in [5.74, 6) is 0. The minimum Gasteiger partial charge on any atom is -0.370 e. The van der Waals surface area contributed by atoms with Crippen molar-refractivity contribution in [2.75, 3.05) is 24.5 Å². The van der Waals surface area contributed by atoms with Crippen molar-refractivity contribution in [3.05, 3.63) is 29.8 Å². The van der Waals surface area contributed by atoms with Crippen molar-refractivity contribution in [3.8, 4) is 0 Å². The highest BCUT2D eigenvalue weighted by Crippen LogP contribution is 2.25. The van der Waals surface area contributed by atoms with Crippen LogP contribution in [0.3, 0.4) is 0 Å². The van der Waals surface area contributed by atoms with Crippen molar-refractivity contribution < 1.29 is 13.2 Å². The number of benzene rings is 1. The second-order valence-electron chi connectivity index (χ2n) is 4.16. The second kappa shape index (κ2) is 4.96. The van der Waals surface area contributed by atoms with Crippen LogP contribution >= 0.6 is 0 Å². The van der Waals surface area contributed by atoms with Gasteiger partial charge in [-0.15, -0.1) is 0 Å². The van der Waals surface area contributed by atoms with Gasteiger partial charge in [0.05, 0.1) is 6.42 Å². The maximum atomic E-state index is 12.2. The zero-order valence-corrected chi connectivity index (χ0v) is 9.43. The molecule has 1 aromatic carbocycles. The van der Waals surface area contributed by atoms with Crippen LogP contribution in [0.1, 0.15) is 12.0 Å². The van der Waals surface area contributed by atoms with E-state index in [4.69, 9.17) is 0 Å². The highest BCUT2D eigenvalue weighted by molar-refractivity contribution is 5.54. The summed E-state index contributed by atoms with van der Waals surface area (Å²) in [4.78, 5) is 1.81. The molecule has 0 aromatic heterocycles. The zero-order chi connectivity index (χ0) is 12.3. The Morgan fingerprint density at radius 1 is 1.24 bits per heavy atom. The Bertz CT molecular complexity index is 376. The Morgan fingerprint density at radius 3 is 2.76 bits per heavy atom. The summed E-state index contributed by atoms with van der Waals surface area (Å²) >= 11 is 0. The van der Waals surface area contributed by atoms with Crippen LogP contribution in [0.25, 0.3) is 0 Å². The first-order valence-electron chi connectivity index (χ1n) is 5.66. The van der Waals surface area contributed by atoms with Gasteiger partial charge in [0.25, 0.3) is 0 Å². The molecular weight excluding hydrogens is 229 g/mol. The monoisotopic (exact) mass is 244 g/mol. The van der Waals surface area contributed by atoms with Gasteiger partial charge in [0.15, 0.2) is 0 Å². The topological polar surface area (TPSA) is 15.3 Å². The van der Waals surface area contributed by atoms with Gasteiger partial charge >= 0.3 is 6.18 Å². The molecule has 0 amide bonds. The summed E-state index contributed by atoms with van der Waals surface area (Å²) in [5, 5.41) is 3.21. The van der Waals surface area contributed by atoms with Crippen LogP contribution in [0.4, 0.5) is 18.9 Å². The average Bonchev–Trinajstić information content (AvgIpc) is 2.47. The molecule has 94 valence electrons. The first-order valence-corrected chi connectivity index (χ1v) is 5.66. The van der Waals surface area contributed by atoms with Gasteiger partial charge in [-0.1, -0.05) is 18.2 Å². The second-order valence-corrected chi connectivity index (χ2v) is 4.16. The molecule has 2 rings (SSSR count). The number of nitrogens with one attached hydrogen (secondary N) is 1. The largest absolute Gasteiger partial charge is 0.390 e. The van der Waals surface area contributed by atoms with E-state index in [9.17, 15) is 13.2 Å². The standard InChI is InChI=1S/C12H15F3N2/c13-12(14,15)5-7-17-8-6-16-9-10-3-1-2-4-11(10)17/h1-4,16H,5-9H2. The summed E-state index contributed by atoms with van der Waals surface area (Å²) < 4.78 is 36.7. The average molecular weight is 244 g/mol. The van der Waals surface area contributed by atoms with Crippen molar-refractivity contribution >= 4 is 5.69 Å². The molecule has 1 heterocycles. The molecule has 1 N–H and O–H groups in total. The summed E-state index contributed by atoms with van der Waals surface area (Å²) in [6.07, 6.45) is -4.85. The summed E-state index contributed by atoms with van der Waals surface area (Å²) in [5.41, 5.74) is 1.98. The van der Waals surface area contributed by atoms with Gasteiger partial charge in [-0.05, 0) is 11.6 Å². The fourth-order valence-electron chi connectivity index (χ4n) is 2.02. The van der Waals surface area contributed by atoms with Gasteiger partial charge in [-0.2, -0.15) is 13.2 Å². The Kier molecular flexibility index (Phi) is 3.57. The minimum absolute atomic E-state index is 0.0300. The highest BCUT2D eigenvalue weighted by Gasteiger charge is 2.28. The molecular formula is C12H15F3N2. The predicted molar refractivity (Wildman–Crippen MR) is 61.0 cm³/mol. The zero-order valence-electron chi connectivity index (χ0n) is 9.43. The minimum atomic E-state index is -4.09. The van der Waals surface area contributed by atoms with Crippen molar-refractivity contribution in [2.45, 2.75) is 19.1 Å². The van der Waals surface area contributed by atoms with Crippen LogP contribution in [0.15, 0.2) is 24.3 Å². The summed E-state index contributed by atoms with van der Waals surface area (Å²) in [7, 11) is 0. The molecule has 1 aromatic rings. The van der Waals surface area contributed by atoms with E-state index in [1.54, 1.807) is 0 Å². The van der Waals surface area contributed by atoms with Crippen LogP contribution in [-0.4, -0.2) is 25.8 Å². The van der Waals surface area contributed by atoms with E-state index in [1.807, 2.05) is 29.2 Å². The SMILES string of the molecule is FC(F)(F)CCN1CCNCc2ccccc21. The molecule has 17 heavy (non-hydrogen) atoms. The van der Waals surface area contributed by atoms with Gasteiger partial charge in [0.2, 0.25) is 0 Å². The molecule has 0 aliphatic carbocycles. The van der Waals surface area contributed by atoms with Gasteiger partial charge in [-0.25, -0.2) is 0 Å². The lowest BCUT2D eigenvalue weighted by atomic mass is 10.1. The van der Waals surface area contributed by atoms with E-state index in [0.29, 0.717) is 13.1 Å². The number of fused-ring (bicyclic) bond motifs is 1. The smallest absolute Gasteiger partial charge is 0.370 e. The molecule has 2 nitrogen and oxygen atoms in total. The van der Waals surface area contributed by atoms with Crippen molar-refractivity contribution in [1.82, 2.24) is 5.32 Å². The molecule has 0 fully saturated rings. The van der Waals surface area contributed by atoms with Crippen LogP contribution < -0.4 is 10.2 Å². The molecule has 0 saturated carbocycles. The number of halogens is 3. The van der Waals surface area contributed by atoms with Crippen LogP contribution in [-0.2, 0) is 6.54 Å². The van der Waals surface area contributed by atoms with E-state index in [1.165, 1.54) is 0 Å². The molecule has 0 radical (unpaired) electrons. The quantitative estimate of drug-likeness (QED) is 0.860. The van der Waals surface area contributed by atoms with E-state index >= 15 is 0 Å². The van der Waals surface area contributed by atoms with Gasteiger partial charge < -0.3 is 10.2 Å². The molecule has 1 aliphatic heterocycles. The Hall–Kier alpha value is -1.23. The molecule has 0 bridgehead atoms. The van der Waals surface area contributed by atoms with Gasteiger partial charge in [0, 0.05) is 31.9 Å². The lowest BCUT2D eigenvalue weighted by Gasteiger charge is -2.25. The Morgan fingerprint density at radius 2 is 2.00 bits per heavy atom. The summed E-state index contributed by atoms with van der Waals surface area (Å²) in [6, 6.07) is 7.62. The number of alkyl halides is 3. The molecule has 0 atom stereocenters. The van der Waals surface area contributed by atoms with Crippen LogP contribution in [0.2, 0.25) is 0 Å². The Balaban J connectivity index is 2.12. The third-order valence-corrected chi connectivity index (χ3v) is 2.87. The van der Waals surface area contributed by atoms with E-state index < -0.39 is 12.6 Å². The van der Waals surface area contributed by atoms with Crippen LogP contribution in [0, 0.1) is 0 Å². The third-order valence-electron chi connectivity index (χ3n) is 2.87. The fraction of sp³-hybridized carbons (Fsp3) is 0.500. The lowest BCUT2D eigenvalue weighted by Crippen LogP contribution is -2.32. The maximum Gasteiger partial charge on any atom is 0.390 e. The molecule has 0 saturated heterocycles. The fourth-order valence-corrected chi connectivity index (χ4v) is 2.02. The van der Waals surface area contributed by atoms with E-state index in [2.05, 4.69) is 5.32 Å². The van der Waals surface area contributed by atoms with Crippen molar-refractivity contribution in [2.24, 2.45) is 0 Å². The molecule has 5 heteroatoms. The Labute approximate surface area is 98.4 Å². The normalized spacial score (nSPS) is 16.5. The van der Waals surface area contributed by atoms with Crippen molar-refractivity contribution in [1.29, 1.82) is 0 Å². The number of nitrogens with zero attached hydrogens (tertiary/aromatic N) is 1. The number of hydrogen-bond donors (Lipinski definition) is 1. The molecule has 0 unspecified atom stereocenters.